The Morgan fingerprint density at radius 2 is 1.81 bits per heavy atom. The van der Waals surface area contributed by atoms with Crippen LogP contribution in [0.5, 0.6) is 0 Å². The van der Waals surface area contributed by atoms with Crippen LogP contribution in [-0.2, 0) is 15.4 Å². The van der Waals surface area contributed by atoms with Gasteiger partial charge in [-0.05, 0) is 42.5 Å². The van der Waals surface area contributed by atoms with Crippen molar-refractivity contribution >= 4 is 55.6 Å². The Morgan fingerprint density at radius 3 is 2.47 bits per heavy atom. The molecule has 0 aliphatic heterocycles. The van der Waals surface area contributed by atoms with Gasteiger partial charge < -0.3 is 0 Å². The van der Waals surface area contributed by atoms with Gasteiger partial charge in [-0.15, -0.1) is 10.2 Å². The average Bonchev–Trinajstić information content (AvgIpc) is 3.17. The molecule has 0 saturated heterocycles. The molecule has 0 spiro atoms. The first-order valence-electron chi connectivity index (χ1n) is 9.66. The minimum atomic E-state index is -3.91. The van der Waals surface area contributed by atoms with E-state index >= 15 is 0 Å². The summed E-state index contributed by atoms with van der Waals surface area (Å²) in [6, 6.07) is 14.0. The maximum Gasteiger partial charge on any atom is 0.270 e. The molecular formula is C21H22Cl2N4O3S2. The highest BCUT2D eigenvalue weighted by Crippen LogP contribution is 2.29. The summed E-state index contributed by atoms with van der Waals surface area (Å²) in [5.74, 6) is -0.544. The molecular weight excluding hydrogens is 491 g/mol. The third-order valence-corrected chi connectivity index (χ3v) is 8.10. The molecule has 170 valence electrons. The van der Waals surface area contributed by atoms with Gasteiger partial charge in [-0.25, -0.2) is 13.1 Å². The summed E-state index contributed by atoms with van der Waals surface area (Å²) in [6.07, 6.45) is 0.577. The van der Waals surface area contributed by atoms with E-state index in [-0.39, 0.29) is 31.5 Å². The molecule has 2 aromatic carbocycles. The molecule has 3 aromatic rings. The van der Waals surface area contributed by atoms with Crippen LogP contribution in [0.25, 0.3) is 0 Å². The van der Waals surface area contributed by atoms with E-state index in [0.29, 0.717) is 11.4 Å². The maximum atomic E-state index is 12.8. The first-order valence-corrected chi connectivity index (χ1v) is 12.7. The number of nitrogens with zero attached hydrogens (tertiary/aromatic N) is 2. The van der Waals surface area contributed by atoms with E-state index in [1.54, 1.807) is 6.92 Å². The lowest BCUT2D eigenvalue weighted by atomic mass is 9.79. The van der Waals surface area contributed by atoms with Crippen LogP contribution in [0.3, 0.4) is 0 Å². The van der Waals surface area contributed by atoms with E-state index in [2.05, 4.69) is 34.1 Å². The molecule has 1 aromatic heterocycles. The van der Waals surface area contributed by atoms with Gasteiger partial charge >= 0.3 is 0 Å². The number of benzene rings is 2. The van der Waals surface area contributed by atoms with Crippen LogP contribution < -0.4 is 10.0 Å². The molecule has 0 unspecified atom stereocenters. The van der Waals surface area contributed by atoms with Crippen molar-refractivity contribution in [2.24, 2.45) is 0 Å². The molecule has 0 bridgehead atoms. The fraction of sp³-hybridized carbons (Fsp3) is 0.286. The molecule has 0 fully saturated rings. The standard InChI is InChI=1S/C21H22Cl2N4O3S2/c1-13(12-21(2,3)14-7-5-4-6-8-14)27-32(29,30)20-26-25-19(31-20)24-18(28)16-10-9-15(22)11-17(16)23/h4-11,13,27H,12H2,1-3H3,(H,24,25,28)/t13-/m0/s1. The van der Waals surface area contributed by atoms with Crippen molar-refractivity contribution in [3.8, 4) is 0 Å². The zero-order chi connectivity index (χ0) is 23.5. The Morgan fingerprint density at radius 1 is 1.12 bits per heavy atom. The first kappa shape index (κ1) is 24.6. The van der Waals surface area contributed by atoms with Gasteiger partial charge in [0.2, 0.25) is 9.47 Å². The zero-order valence-electron chi connectivity index (χ0n) is 17.6. The summed E-state index contributed by atoms with van der Waals surface area (Å²) in [5, 5.41) is 10.6. The van der Waals surface area contributed by atoms with Gasteiger partial charge in [0.05, 0.1) is 10.6 Å². The smallest absolute Gasteiger partial charge is 0.270 e. The number of hydrogen-bond donors (Lipinski definition) is 2. The highest BCUT2D eigenvalue weighted by atomic mass is 35.5. The van der Waals surface area contributed by atoms with Gasteiger partial charge in [-0.3, -0.25) is 10.1 Å². The van der Waals surface area contributed by atoms with E-state index in [1.165, 1.54) is 18.2 Å². The molecule has 0 aliphatic carbocycles. The van der Waals surface area contributed by atoms with Gasteiger partial charge in [0.1, 0.15) is 0 Å². The lowest BCUT2D eigenvalue weighted by Gasteiger charge is -2.28. The Labute approximate surface area is 201 Å². The van der Waals surface area contributed by atoms with Crippen molar-refractivity contribution in [3.05, 3.63) is 69.7 Å². The van der Waals surface area contributed by atoms with Gasteiger partial charge in [0.15, 0.2) is 0 Å². The fourth-order valence-electron chi connectivity index (χ4n) is 3.34. The third-order valence-electron chi connectivity index (χ3n) is 4.76. The topological polar surface area (TPSA) is 101 Å². The van der Waals surface area contributed by atoms with Gasteiger partial charge in [0, 0.05) is 11.1 Å². The monoisotopic (exact) mass is 512 g/mol. The number of aromatic nitrogens is 2. The molecule has 7 nitrogen and oxygen atoms in total. The van der Waals surface area contributed by atoms with E-state index in [1.807, 2.05) is 30.3 Å². The van der Waals surface area contributed by atoms with E-state index in [4.69, 9.17) is 23.2 Å². The lowest BCUT2D eigenvalue weighted by molar-refractivity contribution is 0.102. The zero-order valence-corrected chi connectivity index (χ0v) is 20.7. The second kappa shape index (κ2) is 9.84. The van der Waals surface area contributed by atoms with Crippen molar-refractivity contribution < 1.29 is 13.2 Å². The van der Waals surface area contributed by atoms with Crippen molar-refractivity contribution in [1.82, 2.24) is 14.9 Å². The highest BCUT2D eigenvalue weighted by molar-refractivity contribution is 7.91. The van der Waals surface area contributed by atoms with Crippen LogP contribution in [0.1, 0.15) is 43.1 Å². The van der Waals surface area contributed by atoms with Gasteiger partial charge in [0.25, 0.3) is 15.9 Å². The van der Waals surface area contributed by atoms with Crippen LogP contribution >= 0.6 is 34.5 Å². The van der Waals surface area contributed by atoms with Crippen LogP contribution in [0.4, 0.5) is 5.13 Å². The predicted octanol–water partition coefficient (Wildman–Crippen LogP) is 5.13. The molecule has 11 heteroatoms. The summed E-state index contributed by atoms with van der Waals surface area (Å²) in [4.78, 5) is 12.4. The summed E-state index contributed by atoms with van der Waals surface area (Å²) in [7, 11) is -3.91. The number of carbonyl (C=O) groups excluding carboxylic acids is 1. The number of amides is 1. The largest absolute Gasteiger partial charge is 0.296 e. The number of nitrogens with one attached hydrogen (secondary N) is 2. The van der Waals surface area contributed by atoms with Crippen molar-refractivity contribution in [1.29, 1.82) is 0 Å². The Balaban J connectivity index is 1.67. The van der Waals surface area contributed by atoms with Crippen LogP contribution in [0.15, 0.2) is 52.9 Å². The Kier molecular flexibility index (Phi) is 7.57. The van der Waals surface area contributed by atoms with E-state index in [9.17, 15) is 13.2 Å². The molecule has 32 heavy (non-hydrogen) atoms. The number of sulfonamides is 1. The van der Waals surface area contributed by atoms with E-state index < -0.39 is 15.9 Å². The van der Waals surface area contributed by atoms with E-state index in [0.717, 1.165) is 16.9 Å². The fourth-order valence-corrected chi connectivity index (χ4v) is 5.99. The van der Waals surface area contributed by atoms with Crippen molar-refractivity contribution in [2.45, 2.75) is 43.0 Å². The molecule has 3 rings (SSSR count). The summed E-state index contributed by atoms with van der Waals surface area (Å²) in [6.45, 7) is 5.93. The molecule has 0 saturated carbocycles. The molecule has 2 N–H and O–H groups in total. The minimum Gasteiger partial charge on any atom is -0.296 e. The second-order valence-electron chi connectivity index (χ2n) is 7.93. The number of carbonyl (C=O) groups is 1. The van der Waals surface area contributed by atoms with Crippen molar-refractivity contribution in [3.63, 3.8) is 0 Å². The number of rotatable bonds is 8. The lowest BCUT2D eigenvalue weighted by Crippen LogP contribution is -2.37. The SMILES string of the molecule is C[C@@H](CC(C)(C)c1ccccc1)NS(=O)(=O)c1nnc(NC(=O)c2ccc(Cl)cc2Cl)s1. The maximum absolute atomic E-state index is 12.8. The van der Waals surface area contributed by atoms with Crippen LogP contribution in [0.2, 0.25) is 10.0 Å². The van der Waals surface area contributed by atoms with Gasteiger partial charge in [-0.2, -0.15) is 0 Å². The highest BCUT2D eigenvalue weighted by Gasteiger charge is 2.28. The molecule has 0 radical (unpaired) electrons. The summed E-state index contributed by atoms with van der Waals surface area (Å²) >= 11 is 12.6. The molecule has 1 atom stereocenters. The average molecular weight is 513 g/mol. The molecule has 0 aliphatic rings. The molecule has 1 amide bonds. The number of anilines is 1. The third kappa shape index (κ3) is 6.05. The normalized spacial score (nSPS) is 13.0. The first-order chi connectivity index (χ1) is 15.0. The van der Waals surface area contributed by atoms with Gasteiger partial charge in [-0.1, -0.05) is 78.7 Å². The Hall–Kier alpha value is -2.04. The minimum absolute atomic E-state index is 0.0404. The number of hydrogen-bond acceptors (Lipinski definition) is 6. The Bertz CT molecular complexity index is 1210. The molecule has 1 heterocycles. The summed E-state index contributed by atoms with van der Waals surface area (Å²) in [5.41, 5.74) is 1.07. The predicted molar refractivity (Wildman–Crippen MR) is 128 cm³/mol. The second-order valence-corrected chi connectivity index (χ2v) is 11.6. The van der Waals surface area contributed by atoms with Crippen molar-refractivity contribution in [2.75, 3.05) is 5.32 Å². The number of halogens is 2. The quantitative estimate of drug-likeness (QED) is 0.407. The summed E-state index contributed by atoms with van der Waals surface area (Å²) < 4.78 is 28.0. The van der Waals surface area contributed by atoms with Crippen LogP contribution in [0, 0.1) is 0 Å². The van der Waals surface area contributed by atoms with Crippen LogP contribution in [-0.4, -0.2) is 30.6 Å².